The molecule has 0 fully saturated rings. The first-order valence-electron chi connectivity index (χ1n) is 13.5. The summed E-state index contributed by atoms with van der Waals surface area (Å²) in [5, 5.41) is 11.5. The van der Waals surface area contributed by atoms with E-state index < -0.39 is 26.3 Å². The fourth-order valence-electron chi connectivity index (χ4n) is 4.06. The summed E-state index contributed by atoms with van der Waals surface area (Å²) in [7, 11) is -8.07. The molecule has 0 atom stereocenters. The number of nitrogens with zero attached hydrogens (tertiary/aromatic N) is 8. The van der Waals surface area contributed by atoms with Crippen molar-refractivity contribution < 1.29 is 28.7 Å². The number of hydrogen-bond donors (Lipinski definition) is 9. The van der Waals surface area contributed by atoms with Crippen molar-refractivity contribution >= 4 is 49.4 Å². The summed E-state index contributed by atoms with van der Waals surface area (Å²) >= 11 is 0. The summed E-state index contributed by atoms with van der Waals surface area (Å²) in [5.41, 5.74) is 11.3. The van der Waals surface area contributed by atoms with Crippen molar-refractivity contribution in [2.45, 2.75) is 25.9 Å². The molecule has 0 aliphatic heterocycles. The second kappa shape index (κ2) is 15.8. The van der Waals surface area contributed by atoms with E-state index in [0.29, 0.717) is 56.9 Å². The topological polar surface area (TPSA) is 333 Å². The van der Waals surface area contributed by atoms with Gasteiger partial charge in [-0.2, -0.15) is 15.2 Å². The lowest BCUT2D eigenvalue weighted by molar-refractivity contribution is 0.267. The Morgan fingerprint density at radius 2 is 1.38 bits per heavy atom. The highest BCUT2D eigenvalue weighted by molar-refractivity contribution is 7.52. The van der Waals surface area contributed by atoms with Gasteiger partial charge in [0.2, 0.25) is 11.9 Å². The first-order valence-corrected chi connectivity index (χ1v) is 17.1. The van der Waals surface area contributed by atoms with Crippen LogP contribution in [-0.4, -0.2) is 109 Å². The summed E-state index contributed by atoms with van der Waals surface area (Å²) in [6.45, 7) is 2.74. The molecule has 246 valence electrons. The van der Waals surface area contributed by atoms with Gasteiger partial charge in [-0.05, 0) is 13.0 Å². The fourth-order valence-corrected chi connectivity index (χ4v) is 5.05. The molecule has 4 aromatic rings. The number of H-pyrrole nitrogens is 2. The van der Waals surface area contributed by atoms with E-state index in [4.69, 9.17) is 36.3 Å². The van der Waals surface area contributed by atoms with Crippen LogP contribution in [0.15, 0.2) is 22.2 Å². The predicted molar refractivity (Wildman–Crippen MR) is 163 cm³/mol. The first-order chi connectivity index (χ1) is 21.2. The number of aromatic amines is 2. The molecule has 4 heterocycles. The Balaban J connectivity index is 0.000000251. The first kappa shape index (κ1) is 35.5. The number of unbranched alkanes of at least 4 members (excludes halogenated alkanes) is 1. The molecule has 0 aliphatic carbocycles. The fraction of sp³-hybridized carbons (Fsp3) is 0.500. The van der Waals surface area contributed by atoms with Gasteiger partial charge in [-0.25, -0.2) is 9.97 Å². The van der Waals surface area contributed by atoms with Crippen molar-refractivity contribution in [3.05, 3.63) is 33.4 Å². The predicted octanol–water partition coefficient (Wildman–Crippen LogP) is -2.05. The molecule has 23 heteroatoms. The highest BCUT2D eigenvalue weighted by atomic mass is 31.2. The summed E-state index contributed by atoms with van der Waals surface area (Å²) < 4.78 is 25.0. The van der Waals surface area contributed by atoms with Gasteiger partial charge in [0.15, 0.2) is 22.3 Å². The summed E-state index contributed by atoms with van der Waals surface area (Å²) in [4.78, 5) is 81.4. The number of nitrogens with one attached hydrogen (secondary N) is 3. The zero-order chi connectivity index (χ0) is 33.2. The maximum atomic E-state index is 11.8. The molecule has 4 aromatic heterocycles. The van der Waals surface area contributed by atoms with Crippen LogP contribution in [0.5, 0.6) is 0 Å². The number of hydrogen-bond acceptors (Lipinski definition) is 13. The largest absolute Gasteiger partial charge is 0.369 e. The number of anilines is 2. The van der Waals surface area contributed by atoms with Crippen molar-refractivity contribution in [1.29, 1.82) is 5.26 Å². The molecule has 0 aromatic carbocycles. The van der Waals surface area contributed by atoms with Crippen LogP contribution in [0.25, 0.3) is 22.3 Å². The monoisotopic (exact) mass is 671 g/mol. The van der Waals surface area contributed by atoms with Gasteiger partial charge < -0.3 is 50.4 Å². The van der Waals surface area contributed by atoms with Gasteiger partial charge in [0.05, 0.1) is 31.0 Å². The molecular formula is C22H35N13O8P2. The third-order valence-corrected chi connectivity index (χ3v) is 7.81. The van der Waals surface area contributed by atoms with Gasteiger partial charge >= 0.3 is 15.2 Å². The van der Waals surface area contributed by atoms with Crippen LogP contribution in [-0.2, 0) is 22.2 Å². The highest BCUT2D eigenvalue weighted by Gasteiger charge is 2.17. The number of nitrogens with two attached hydrogens (primary N) is 2. The molecule has 11 N–H and O–H groups in total. The van der Waals surface area contributed by atoms with Gasteiger partial charge in [0.25, 0.3) is 11.1 Å². The van der Waals surface area contributed by atoms with E-state index in [2.05, 4.69) is 35.2 Å². The Bertz CT molecular complexity index is 1830. The molecule has 0 bridgehead atoms. The Labute approximate surface area is 254 Å². The van der Waals surface area contributed by atoms with Gasteiger partial charge in [-0.1, -0.05) is 0 Å². The Hall–Kier alpha value is -3.99. The molecule has 0 saturated heterocycles. The average molecular weight is 672 g/mol. The number of nitrogen functional groups attached to an aromatic ring is 2. The summed E-state index contributed by atoms with van der Waals surface area (Å²) in [5.74, 6) is 0.00494. The van der Waals surface area contributed by atoms with Crippen molar-refractivity contribution in [3.63, 3.8) is 0 Å². The minimum Gasteiger partial charge on any atom is -0.369 e. The molecule has 0 aliphatic rings. The molecule has 4 rings (SSSR count). The van der Waals surface area contributed by atoms with Gasteiger partial charge in [0, 0.05) is 45.7 Å². The normalized spacial score (nSPS) is 12.0. The minimum atomic E-state index is -4.09. The van der Waals surface area contributed by atoms with E-state index >= 15 is 0 Å². The number of rotatable bonds is 15. The second-order valence-electron chi connectivity index (χ2n) is 9.75. The van der Waals surface area contributed by atoms with Crippen LogP contribution in [0.2, 0.25) is 0 Å². The quantitative estimate of drug-likeness (QED) is 0.0485. The van der Waals surface area contributed by atoms with E-state index in [1.165, 1.54) is 12.7 Å². The Morgan fingerprint density at radius 1 is 0.844 bits per heavy atom. The standard InChI is InChI=1S/C13H20N7O4P.C9H15N6O4P/c14-3-1-2-4-19(7-8-25(22,23)24)5-6-20-9-16-10-11(20)17-13(15)18-12(10)21;10-9-13-7-6(8(16)14-9)12-5-15(7)3-1-11-2-4-20(17,18)19/h9H,1-2,4-8H2,(H2,22,23,24)(H3,15,17,18,21);5,11H,1-4H2,(H2,17,18,19)(H3,10,13,14,16). The maximum Gasteiger partial charge on any atom is 0.326 e. The van der Waals surface area contributed by atoms with Gasteiger partial charge in [0.1, 0.15) is 0 Å². The molecule has 0 radical (unpaired) electrons. The molecule has 45 heavy (non-hydrogen) atoms. The highest BCUT2D eigenvalue weighted by Crippen LogP contribution is 2.34. The second-order valence-corrected chi connectivity index (χ2v) is 13.3. The number of nitriles is 1. The third kappa shape index (κ3) is 11.5. The van der Waals surface area contributed by atoms with Crippen LogP contribution in [0.4, 0.5) is 11.9 Å². The van der Waals surface area contributed by atoms with Crippen molar-refractivity contribution in [2.24, 2.45) is 0 Å². The molecule has 0 saturated carbocycles. The van der Waals surface area contributed by atoms with E-state index in [0.717, 1.165) is 0 Å². The molecule has 0 amide bonds. The zero-order valence-electron chi connectivity index (χ0n) is 24.0. The van der Waals surface area contributed by atoms with Gasteiger partial charge in [-0.3, -0.25) is 28.7 Å². The molecule has 0 unspecified atom stereocenters. The van der Waals surface area contributed by atoms with Crippen molar-refractivity contribution in [3.8, 4) is 6.07 Å². The van der Waals surface area contributed by atoms with Crippen LogP contribution in [0.3, 0.4) is 0 Å². The van der Waals surface area contributed by atoms with Crippen molar-refractivity contribution in [2.75, 3.05) is 56.5 Å². The molecule has 0 spiro atoms. The SMILES string of the molecule is N#CCCCN(CCn1cnc2c(=O)[nH]c(N)nc21)CCP(=O)(O)O.Nc1nc2c(ncn2CCNCCP(=O)(O)O)c(=O)[nH]1. The third-order valence-electron chi connectivity index (χ3n) is 6.22. The van der Waals surface area contributed by atoms with Crippen LogP contribution < -0.4 is 27.9 Å². The smallest absolute Gasteiger partial charge is 0.326 e. The average Bonchev–Trinajstić information content (AvgIpc) is 3.53. The van der Waals surface area contributed by atoms with Crippen LogP contribution in [0.1, 0.15) is 12.8 Å². The lowest BCUT2D eigenvalue weighted by atomic mass is 10.3. The number of imidazole rings is 2. The molecule has 21 nitrogen and oxygen atoms in total. The van der Waals surface area contributed by atoms with E-state index in [9.17, 15) is 18.7 Å². The van der Waals surface area contributed by atoms with Crippen LogP contribution >= 0.6 is 15.2 Å². The summed E-state index contributed by atoms with van der Waals surface area (Å²) in [6, 6.07) is 2.04. The maximum absolute atomic E-state index is 11.8. The number of aromatic nitrogens is 8. The van der Waals surface area contributed by atoms with E-state index in [1.807, 2.05) is 11.0 Å². The zero-order valence-corrected chi connectivity index (χ0v) is 25.8. The van der Waals surface area contributed by atoms with E-state index in [1.54, 1.807) is 9.13 Å². The lowest BCUT2D eigenvalue weighted by Crippen LogP contribution is -2.31. The Kier molecular flexibility index (Phi) is 12.5. The molecular weight excluding hydrogens is 636 g/mol. The summed E-state index contributed by atoms with van der Waals surface area (Å²) in [6.07, 6.45) is 3.44. The van der Waals surface area contributed by atoms with Crippen molar-refractivity contribution in [1.82, 2.24) is 49.3 Å². The lowest BCUT2D eigenvalue weighted by Gasteiger charge is -2.22. The number of fused-ring (bicyclic) bond motifs is 2. The van der Waals surface area contributed by atoms with Crippen LogP contribution in [0, 0.1) is 11.3 Å². The van der Waals surface area contributed by atoms with E-state index in [-0.39, 0.29) is 48.3 Å². The Morgan fingerprint density at radius 3 is 1.89 bits per heavy atom. The van der Waals surface area contributed by atoms with Gasteiger partial charge in [-0.15, -0.1) is 0 Å². The minimum absolute atomic E-state index is 0.00775.